The van der Waals surface area contributed by atoms with E-state index in [-0.39, 0.29) is 25.4 Å². The second-order valence-electron chi connectivity index (χ2n) is 6.50. The van der Waals surface area contributed by atoms with E-state index in [4.69, 9.17) is 4.74 Å². The molecule has 156 valence electrons. The first-order valence-electron chi connectivity index (χ1n) is 9.06. The average Bonchev–Trinajstić information content (AvgIpc) is 3.13. The first-order chi connectivity index (χ1) is 13.8. The number of methoxy groups -OCH3 is 1. The van der Waals surface area contributed by atoms with Gasteiger partial charge < -0.3 is 9.30 Å². The molecule has 29 heavy (non-hydrogen) atoms. The third kappa shape index (κ3) is 4.81. The van der Waals surface area contributed by atoms with E-state index in [0.717, 1.165) is 11.1 Å². The summed E-state index contributed by atoms with van der Waals surface area (Å²) in [4.78, 5) is 31.0. The SMILES string of the molecule is CCn1cnc2c1c(=O)[nH]c(=O)n2Cc1ccc(CNS(=O)(=O)CCOC)cc1. The number of benzene rings is 1. The topological polar surface area (TPSA) is 128 Å². The predicted molar refractivity (Wildman–Crippen MR) is 108 cm³/mol. The van der Waals surface area contributed by atoms with E-state index < -0.39 is 21.3 Å². The first kappa shape index (κ1) is 21.0. The van der Waals surface area contributed by atoms with Gasteiger partial charge in [-0.05, 0) is 18.1 Å². The lowest BCUT2D eigenvalue weighted by Crippen LogP contribution is -2.31. The number of nitrogens with zero attached hydrogens (tertiary/aromatic N) is 3. The van der Waals surface area contributed by atoms with Crippen molar-refractivity contribution in [1.82, 2.24) is 23.8 Å². The zero-order chi connectivity index (χ0) is 21.0. The smallest absolute Gasteiger partial charge is 0.330 e. The number of fused-ring (bicyclic) bond motifs is 1. The maximum atomic E-state index is 12.3. The van der Waals surface area contributed by atoms with E-state index in [1.165, 1.54) is 18.0 Å². The third-order valence-corrected chi connectivity index (χ3v) is 5.80. The highest BCUT2D eigenvalue weighted by molar-refractivity contribution is 7.89. The molecule has 0 spiro atoms. The highest BCUT2D eigenvalue weighted by Crippen LogP contribution is 2.10. The zero-order valence-electron chi connectivity index (χ0n) is 16.2. The Balaban J connectivity index is 1.78. The summed E-state index contributed by atoms with van der Waals surface area (Å²) in [6, 6.07) is 7.18. The van der Waals surface area contributed by atoms with Gasteiger partial charge in [-0.2, -0.15) is 0 Å². The van der Waals surface area contributed by atoms with Crippen LogP contribution in [0.5, 0.6) is 0 Å². The van der Waals surface area contributed by atoms with Gasteiger partial charge in [0, 0.05) is 20.2 Å². The maximum absolute atomic E-state index is 12.3. The lowest BCUT2D eigenvalue weighted by atomic mass is 10.1. The van der Waals surface area contributed by atoms with Gasteiger partial charge in [0.2, 0.25) is 10.0 Å². The number of hydrogen-bond acceptors (Lipinski definition) is 6. The van der Waals surface area contributed by atoms with E-state index in [9.17, 15) is 18.0 Å². The second-order valence-corrected chi connectivity index (χ2v) is 8.42. The van der Waals surface area contributed by atoms with Gasteiger partial charge >= 0.3 is 5.69 Å². The monoisotopic (exact) mass is 421 g/mol. The lowest BCUT2D eigenvalue weighted by molar-refractivity contribution is 0.217. The number of sulfonamides is 1. The number of ether oxygens (including phenoxy) is 1. The molecule has 3 aromatic rings. The van der Waals surface area contributed by atoms with Crippen molar-refractivity contribution in [1.29, 1.82) is 0 Å². The summed E-state index contributed by atoms with van der Waals surface area (Å²) < 4.78 is 34.0. The van der Waals surface area contributed by atoms with Crippen molar-refractivity contribution >= 4 is 21.2 Å². The van der Waals surface area contributed by atoms with Crippen LogP contribution in [0.15, 0.2) is 40.2 Å². The van der Waals surface area contributed by atoms with E-state index >= 15 is 0 Å². The average molecular weight is 421 g/mol. The van der Waals surface area contributed by atoms with Crippen LogP contribution < -0.4 is 16.0 Å². The Hall–Kier alpha value is -2.76. The molecule has 1 aromatic carbocycles. The highest BCUT2D eigenvalue weighted by Gasteiger charge is 2.13. The molecule has 10 nitrogen and oxygen atoms in total. The molecular weight excluding hydrogens is 398 g/mol. The number of nitrogens with one attached hydrogen (secondary N) is 2. The third-order valence-electron chi connectivity index (χ3n) is 4.51. The fraction of sp³-hybridized carbons (Fsp3) is 0.389. The molecule has 3 rings (SSSR count). The Morgan fingerprint density at radius 3 is 2.52 bits per heavy atom. The normalized spacial score (nSPS) is 11.9. The minimum absolute atomic E-state index is 0.100. The predicted octanol–water partition coefficient (Wildman–Crippen LogP) is 0.0203. The summed E-state index contributed by atoms with van der Waals surface area (Å²) in [7, 11) is -1.95. The second kappa shape index (κ2) is 8.72. The Labute approximate surface area is 167 Å². The van der Waals surface area contributed by atoms with Gasteiger partial charge in [-0.25, -0.2) is 22.9 Å². The molecule has 2 heterocycles. The van der Waals surface area contributed by atoms with E-state index in [0.29, 0.717) is 17.7 Å². The number of aromatic amines is 1. The number of aryl methyl sites for hydroxylation is 1. The largest absolute Gasteiger partial charge is 0.384 e. The van der Waals surface area contributed by atoms with Crippen LogP contribution in [-0.4, -0.2) is 47.0 Å². The Bertz CT molecular complexity index is 1210. The van der Waals surface area contributed by atoms with Crippen LogP contribution in [0, 0.1) is 0 Å². The summed E-state index contributed by atoms with van der Waals surface area (Å²) in [6.45, 7) is 2.97. The van der Waals surface area contributed by atoms with Crippen molar-refractivity contribution in [2.75, 3.05) is 19.5 Å². The number of imidazole rings is 1. The van der Waals surface area contributed by atoms with Crippen LogP contribution in [0.25, 0.3) is 11.2 Å². The number of H-pyrrole nitrogens is 1. The van der Waals surface area contributed by atoms with Crippen molar-refractivity contribution in [3.8, 4) is 0 Å². The number of hydrogen-bond donors (Lipinski definition) is 2. The Morgan fingerprint density at radius 2 is 1.86 bits per heavy atom. The van der Waals surface area contributed by atoms with Crippen LogP contribution in [-0.2, 0) is 34.4 Å². The summed E-state index contributed by atoms with van der Waals surface area (Å²) in [5.41, 5.74) is 1.29. The van der Waals surface area contributed by atoms with Crippen molar-refractivity contribution < 1.29 is 13.2 Å². The van der Waals surface area contributed by atoms with Gasteiger partial charge in [0.25, 0.3) is 5.56 Å². The molecule has 0 saturated carbocycles. The lowest BCUT2D eigenvalue weighted by Gasteiger charge is -2.09. The Morgan fingerprint density at radius 1 is 1.17 bits per heavy atom. The summed E-state index contributed by atoms with van der Waals surface area (Å²) in [6.07, 6.45) is 1.54. The van der Waals surface area contributed by atoms with Gasteiger partial charge in [-0.15, -0.1) is 0 Å². The minimum Gasteiger partial charge on any atom is -0.384 e. The molecule has 0 atom stereocenters. The summed E-state index contributed by atoms with van der Waals surface area (Å²) in [5.74, 6) is -0.100. The van der Waals surface area contributed by atoms with Crippen LogP contribution in [0.4, 0.5) is 0 Å². The summed E-state index contributed by atoms with van der Waals surface area (Å²) >= 11 is 0. The minimum atomic E-state index is -3.40. The molecule has 0 aliphatic carbocycles. The van der Waals surface area contributed by atoms with Crippen molar-refractivity contribution in [3.63, 3.8) is 0 Å². The standard InChI is InChI=1S/C18H23N5O5S/c1-3-22-12-19-16-15(22)17(24)21-18(25)23(16)11-14-6-4-13(5-7-14)10-20-29(26,27)9-8-28-2/h4-7,12,20H,3,8-11H2,1-2H3,(H,21,24,25). The molecule has 0 aliphatic heterocycles. The molecular formula is C18H23N5O5S. The molecule has 0 amide bonds. The van der Waals surface area contributed by atoms with Gasteiger partial charge in [-0.3, -0.25) is 14.3 Å². The fourth-order valence-electron chi connectivity index (χ4n) is 2.91. The van der Waals surface area contributed by atoms with Gasteiger partial charge in [0.15, 0.2) is 11.2 Å². The highest BCUT2D eigenvalue weighted by atomic mass is 32.2. The maximum Gasteiger partial charge on any atom is 0.330 e. The molecule has 0 fully saturated rings. The zero-order valence-corrected chi connectivity index (χ0v) is 17.0. The molecule has 2 N–H and O–H groups in total. The van der Waals surface area contributed by atoms with Gasteiger partial charge in [0.05, 0.1) is 25.2 Å². The van der Waals surface area contributed by atoms with Crippen molar-refractivity contribution in [3.05, 3.63) is 62.6 Å². The van der Waals surface area contributed by atoms with Crippen LogP contribution in [0.3, 0.4) is 0 Å². The van der Waals surface area contributed by atoms with Crippen LogP contribution in [0.1, 0.15) is 18.1 Å². The van der Waals surface area contributed by atoms with E-state index in [1.54, 1.807) is 28.8 Å². The van der Waals surface area contributed by atoms with Crippen LogP contribution in [0.2, 0.25) is 0 Å². The fourth-order valence-corrected chi connectivity index (χ4v) is 3.83. The molecule has 0 radical (unpaired) electrons. The molecule has 0 aliphatic rings. The molecule has 2 aromatic heterocycles. The molecule has 0 bridgehead atoms. The summed E-state index contributed by atoms with van der Waals surface area (Å²) in [5, 5.41) is 0. The Kier molecular flexibility index (Phi) is 6.30. The molecule has 0 saturated heterocycles. The van der Waals surface area contributed by atoms with Crippen LogP contribution >= 0.6 is 0 Å². The number of rotatable bonds is 9. The quantitative estimate of drug-likeness (QED) is 0.501. The van der Waals surface area contributed by atoms with Gasteiger partial charge in [-0.1, -0.05) is 24.3 Å². The first-order valence-corrected chi connectivity index (χ1v) is 10.7. The van der Waals surface area contributed by atoms with Crippen molar-refractivity contribution in [2.45, 2.75) is 26.6 Å². The number of aromatic nitrogens is 4. The molecule has 11 heteroatoms. The van der Waals surface area contributed by atoms with Gasteiger partial charge in [0.1, 0.15) is 0 Å². The van der Waals surface area contributed by atoms with Crippen molar-refractivity contribution in [2.24, 2.45) is 0 Å². The molecule has 0 unspecified atom stereocenters. The van der Waals surface area contributed by atoms with E-state index in [1.807, 2.05) is 6.92 Å². The van der Waals surface area contributed by atoms with E-state index in [2.05, 4.69) is 14.7 Å².